The SMILES string of the molecule is C1CCC(B2C3CCCCC3C3CCCCC23)C(B2C3CCCCC3C3CCCCC23)C1. The van der Waals surface area contributed by atoms with Crippen molar-refractivity contribution >= 4 is 13.4 Å². The summed E-state index contributed by atoms with van der Waals surface area (Å²) in [5.41, 5.74) is 0. The highest BCUT2D eigenvalue weighted by Crippen LogP contribution is 2.69. The van der Waals surface area contributed by atoms with Gasteiger partial charge in [-0.15, -0.1) is 0 Å². The molecule has 10 atom stereocenters. The van der Waals surface area contributed by atoms with E-state index in [1.807, 2.05) is 0 Å². The first kappa shape index (κ1) is 21.4. The Kier molecular flexibility index (Phi) is 6.00. The van der Waals surface area contributed by atoms with E-state index in [1.165, 1.54) is 13.4 Å². The van der Waals surface area contributed by atoms with E-state index >= 15 is 0 Å². The van der Waals surface area contributed by atoms with Crippen molar-refractivity contribution in [2.45, 2.75) is 163 Å². The van der Waals surface area contributed by atoms with Gasteiger partial charge in [-0.2, -0.15) is 0 Å². The topological polar surface area (TPSA) is 0 Å². The summed E-state index contributed by atoms with van der Waals surface area (Å²) < 4.78 is 0. The molecule has 0 bridgehead atoms. The summed E-state index contributed by atoms with van der Waals surface area (Å²) in [5.74, 6) is 11.6. The van der Waals surface area contributed by atoms with Crippen molar-refractivity contribution in [1.82, 2.24) is 0 Å². The number of rotatable bonds is 2. The monoisotopic (exact) mass is 432 g/mol. The lowest BCUT2D eigenvalue weighted by Crippen LogP contribution is -2.41. The molecule has 0 N–H and O–H groups in total. The molecule has 7 fully saturated rings. The molecule has 0 amide bonds. The minimum Gasteiger partial charge on any atom is -0.0653 e. The molecule has 7 aliphatic rings. The molecule has 10 unspecified atom stereocenters. The van der Waals surface area contributed by atoms with Crippen LogP contribution in [0.2, 0.25) is 34.9 Å². The van der Waals surface area contributed by atoms with Gasteiger partial charge < -0.3 is 0 Å². The molecule has 7 rings (SSSR count). The second kappa shape index (κ2) is 8.97. The van der Waals surface area contributed by atoms with Crippen molar-refractivity contribution < 1.29 is 0 Å². The van der Waals surface area contributed by atoms with E-state index in [2.05, 4.69) is 0 Å². The van der Waals surface area contributed by atoms with Gasteiger partial charge in [0.2, 0.25) is 0 Å². The average molecular weight is 432 g/mol. The fourth-order valence-electron chi connectivity index (χ4n) is 12.8. The fraction of sp³-hybridized carbons (Fsp3) is 1.00. The van der Waals surface area contributed by atoms with Crippen molar-refractivity contribution in [2.24, 2.45) is 23.7 Å². The maximum Gasteiger partial charge on any atom is 0.149 e. The molecule has 0 aromatic heterocycles. The minimum atomic E-state index is 1.15. The summed E-state index contributed by atoms with van der Waals surface area (Å²) in [6.45, 7) is 2.33. The molecule has 32 heavy (non-hydrogen) atoms. The van der Waals surface area contributed by atoms with Gasteiger partial charge in [-0.05, 0) is 23.7 Å². The summed E-state index contributed by atoms with van der Waals surface area (Å²) in [6.07, 6.45) is 32.1. The Morgan fingerprint density at radius 2 is 0.469 bits per heavy atom. The minimum absolute atomic E-state index is 1.15. The molecular weight excluding hydrogens is 382 g/mol. The summed E-state index contributed by atoms with van der Waals surface area (Å²) in [6, 6.07) is 0. The first-order valence-electron chi connectivity index (χ1n) is 15.9. The van der Waals surface area contributed by atoms with Crippen LogP contribution in [0.3, 0.4) is 0 Å². The normalized spacial score (nSPS) is 51.0. The van der Waals surface area contributed by atoms with Crippen LogP contribution in [-0.2, 0) is 0 Å². The van der Waals surface area contributed by atoms with Gasteiger partial charge in [0, 0.05) is 0 Å². The van der Waals surface area contributed by atoms with Crippen LogP contribution in [-0.4, -0.2) is 13.4 Å². The molecule has 5 saturated carbocycles. The Hall–Kier alpha value is 0.130. The highest BCUT2D eigenvalue weighted by molar-refractivity contribution is 6.71. The lowest BCUT2D eigenvalue weighted by Gasteiger charge is -2.46. The Morgan fingerprint density at radius 1 is 0.250 bits per heavy atom. The number of hydrogen-bond acceptors (Lipinski definition) is 0. The summed E-state index contributed by atoms with van der Waals surface area (Å²) in [4.78, 5) is 0. The molecular formula is C30H50B2. The molecule has 0 radical (unpaired) electrons. The van der Waals surface area contributed by atoms with E-state index in [4.69, 9.17) is 0 Å². The highest BCUT2D eigenvalue weighted by atomic mass is 14.5. The van der Waals surface area contributed by atoms with Gasteiger partial charge in [-0.25, -0.2) is 0 Å². The Balaban J connectivity index is 1.22. The molecule has 2 saturated heterocycles. The van der Waals surface area contributed by atoms with Crippen LogP contribution in [0.4, 0.5) is 0 Å². The van der Waals surface area contributed by atoms with Crippen LogP contribution < -0.4 is 0 Å². The number of hydrogen-bond donors (Lipinski definition) is 0. The van der Waals surface area contributed by atoms with E-state index in [0.29, 0.717) is 0 Å². The molecule has 2 aliphatic heterocycles. The van der Waals surface area contributed by atoms with Gasteiger partial charge in [-0.1, -0.05) is 163 Å². The molecule has 2 heterocycles. The zero-order chi connectivity index (χ0) is 21.1. The van der Waals surface area contributed by atoms with Gasteiger partial charge in [0.25, 0.3) is 0 Å². The van der Waals surface area contributed by atoms with Crippen molar-refractivity contribution in [1.29, 1.82) is 0 Å². The largest absolute Gasteiger partial charge is 0.149 e. The van der Waals surface area contributed by atoms with Crippen molar-refractivity contribution in [3.05, 3.63) is 0 Å². The summed E-state index contributed by atoms with van der Waals surface area (Å²) >= 11 is 0. The van der Waals surface area contributed by atoms with E-state index in [-0.39, 0.29) is 0 Å². The van der Waals surface area contributed by atoms with Crippen molar-refractivity contribution in [3.8, 4) is 0 Å². The molecule has 0 spiro atoms. The van der Waals surface area contributed by atoms with E-state index in [0.717, 1.165) is 58.6 Å². The van der Waals surface area contributed by atoms with Crippen LogP contribution in [0.1, 0.15) is 128 Å². The average Bonchev–Trinajstić information content (AvgIpc) is 3.37. The van der Waals surface area contributed by atoms with E-state index in [9.17, 15) is 0 Å². The van der Waals surface area contributed by atoms with Gasteiger partial charge in [0.05, 0.1) is 0 Å². The van der Waals surface area contributed by atoms with E-state index < -0.39 is 0 Å². The predicted octanol–water partition coefficient (Wildman–Crippen LogP) is 9.56. The first-order valence-corrected chi connectivity index (χ1v) is 15.9. The maximum atomic E-state index is 1.65. The molecule has 0 nitrogen and oxygen atoms in total. The molecule has 176 valence electrons. The van der Waals surface area contributed by atoms with Crippen LogP contribution in [0, 0.1) is 23.7 Å². The van der Waals surface area contributed by atoms with E-state index in [1.54, 1.807) is 128 Å². The first-order chi connectivity index (χ1) is 15.9. The standard InChI is InChI=1S/C30H50B2/c1-5-15-25-21(11-1)22-12-2-6-16-26(22)31(25)29-19-9-10-20-30(29)32-27-17-7-3-13-23(27)24-14-4-8-18-28(24)32/h21-30H,1-20H2. The Labute approximate surface area is 200 Å². The summed E-state index contributed by atoms with van der Waals surface area (Å²) in [5, 5.41) is 0. The Bertz CT molecular complexity index is 561. The third-order valence-corrected chi connectivity index (χ3v) is 13.4. The van der Waals surface area contributed by atoms with Gasteiger partial charge in [0.15, 0.2) is 0 Å². The van der Waals surface area contributed by atoms with Crippen LogP contribution >= 0.6 is 0 Å². The smallest absolute Gasteiger partial charge is 0.0653 e. The lowest BCUT2D eigenvalue weighted by molar-refractivity contribution is 0.226. The van der Waals surface area contributed by atoms with Crippen LogP contribution in [0.5, 0.6) is 0 Å². The molecule has 2 heteroatoms. The zero-order valence-corrected chi connectivity index (χ0v) is 21.1. The third-order valence-electron chi connectivity index (χ3n) is 13.4. The molecule has 0 aromatic rings. The van der Waals surface area contributed by atoms with Crippen molar-refractivity contribution in [3.63, 3.8) is 0 Å². The Morgan fingerprint density at radius 3 is 0.750 bits per heavy atom. The molecule has 0 aromatic carbocycles. The highest BCUT2D eigenvalue weighted by Gasteiger charge is 2.61. The third kappa shape index (κ3) is 3.37. The predicted molar refractivity (Wildman–Crippen MR) is 140 cm³/mol. The molecule has 5 aliphatic carbocycles. The lowest BCUT2D eigenvalue weighted by atomic mass is 9.17. The zero-order valence-electron chi connectivity index (χ0n) is 21.1. The van der Waals surface area contributed by atoms with Gasteiger partial charge >= 0.3 is 0 Å². The number of fused-ring (bicyclic) bond motifs is 6. The fourth-order valence-corrected chi connectivity index (χ4v) is 12.8. The van der Waals surface area contributed by atoms with Crippen LogP contribution in [0.25, 0.3) is 0 Å². The quantitative estimate of drug-likeness (QED) is 0.381. The van der Waals surface area contributed by atoms with Gasteiger partial charge in [-0.3, -0.25) is 0 Å². The maximum absolute atomic E-state index is 1.65. The van der Waals surface area contributed by atoms with Crippen LogP contribution in [0.15, 0.2) is 0 Å². The summed E-state index contributed by atoms with van der Waals surface area (Å²) in [7, 11) is 0. The van der Waals surface area contributed by atoms with Gasteiger partial charge in [0.1, 0.15) is 13.4 Å². The van der Waals surface area contributed by atoms with Crippen molar-refractivity contribution in [2.75, 3.05) is 0 Å². The second-order valence-electron chi connectivity index (χ2n) is 14.2. The second-order valence-corrected chi connectivity index (χ2v) is 14.2.